The maximum atomic E-state index is 15.1. The van der Waals surface area contributed by atoms with Crippen LogP contribution in [-0.4, -0.2) is 74.8 Å². The molecular formula is C30H34F5N7O. The van der Waals surface area contributed by atoms with Crippen molar-refractivity contribution in [2.45, 2.75) is 46.5 Å². The zero-order valence-corrected chi connectivity index (χ0v) is 24.5. The number of fused-ring (bicyclic) bond motifs is 1. The molecule has 230 valence electrons. The fraction of sp³-hybridized carbons (Fsp3) is 0.433. The Morgan fingerprint density at radius 2 is 1.70 bits per heavy atom. The number of aryl methyl sites for hydroxylation is 1. The van der Waals surface area contributed by atoms with Gasteiger partial charge in [-0.1, -0.05) is 6.07 Å². The van der Waals surface area contributed by atoms with E-state index < -0.39 is 24.4 Å². The average Bonchev–Trinajstić information content (AvgIpc) is 3.28. The van der Waals surface area contributed by atoms with Crippen molar-refractivity contribution in [2.24, 2.45) is 0 Å². The van der Waals surface area contributed by atoms with E-state index in [1.54, 1.807) is 25.1 Å². The summed E-state index contributed by atoms with van der Waals surface area (Å²) in [6.07, 6.45) is -3.17. The summed E-state index contributed by atoms with van der Waals surface area (Å²) in [4.78, 5) is 16.3. The smallest absolute Gasteiger partial charge is 0.401 e. The average molecular weight is 604 g/mol. The number of ether oxygens (including phenoxy) is 1. The van der Waals surface area contributed by atoms with Gasteiger partial charge in [0.1, 0.15) is 22.8 Å². The van der Waals surface area contributed by atoms with E-state index in [1.165, 1.54) is 11.0 Å². The van der Waals surface area contributed by atoms with Gasteiger partial charge in [0.25, 0.3) is 0 Å². The number of alkyl halides is 3. The first-order chi connectivity index (χ1) is 20.4. The molecule has 3 heterocycles. The molecule has 1 fully saturated rings. The van der Waals surface area contributed by atoms with Crippen LogP contribution in [-0.2, 0) is 6.54 Å². The van der Waals surface area contributed by atoms with E-state index in [-0.39, 0.29) is 28.8 Å². The minimum absolute atomic E-state index is 0.0219. The van der Waals surface area contributed by atoms with Crippen molar-refractivity contribution in [3.8, 4) is 17.0 Å². The van der Waals surface area contributed by atoms with Gasteiger partial charge >= 0.3 is 6.18 Å². The summed E-state index contributed by atoms with van der Waals surface area (Å²) in [5.74, 6) is 0.112. The first-order valence-electron chi connectivity index (χ1n) is 14.2. The van der Waals surface area contributed by atoms with E-state index >= 15 is 4.39 Å². The minimum atomic E-state index is -4.21. The second-order valence-electron chi connectivity index (χ2n) is 10.9. The quantitative estimate of drug-likeness (QED) is 0.220. The maximum absolute atomic E-state index is 15.1. The van der Waals surface area contributed by atoms with Crippen molar-refractivity contribution in [1.29, 1.82) is 0 Å². The third-order valence-corrected chi connectivity index (χ3v) is 7.34. The fourth-order valence-corrected chi connectivity index (χ4v) is 5.47. The van der Waals surface area contributed by atoms with Gasteiger partial charge in [-0.05, 0) is 45.9 Å². The molecule has 43 heavy (non-hydrogen) atoms. The molecule has 0 unspecified atom stereocenters. The monoisotopic (exact) mass is 603 g/mol. The molecule has 2 aromatic carbocycles. The summed E-state index contributed by atoms with van der Waals surface area (Å²) in [7, 11) is 0. The Kier molecular flexibility index (Phi) is 8.84. The van der Waals surface area contributed by atoms with Crippen molar-refractivity contribution in [3.05, 3.63) is 59.6 Å². The van der Waals surface area contributed by atoms with Gasteiger partial charge in [0.2, 0.25) is 5.95 Å². The van der Waals surface area contributed by atoms with Crippen LogP contribution in [0.3, 0.4) is 0 Å². The number of hydrogen-bond acceptors (Lipinski definition) is 7. The predicted molar refractivity (Wildman–Crippen MR) is 154 cm³/mol. The van der Waals surface area contributed by atoms with Crippen LogP contribution in [0.25, 0.3) is 22.3 Å². The van der Waals surface area contributed by atoms with Gasteiger partial charge in [-0.15, -0.1) is 0 Å². The highest BCUT2D eigenvalue weighted by atomic mass is 19.4. The number of imidazole rings is 1. The summed E-state index contributed by atoms with van der Waals surface area (Å²) in [5.41, 5.74) is 2.45. The Morgan fingerprint density at radius 1 is 0.977 bits per heavy atom. The summed E-state index contributed by atoms with van der Waals surface area (Å²) in [5, 5.41) is 3.08. The number of halogens is 5. The largest absolute Gasteiger partial charge is 0.493 e. The van der Waals surface area contributed by atoms with Gasteiger partial charge in [-0.3, -0.25) is 9.80 Å². The number of benzene rings is 2. The van der Waals surface area contributed by atoms with Crippen molar-refractivity contribution >= 4 is 22.7 Å². The highest BCUT2D eigenvalue weighted by molar-refractivity contribution is 5.83. The molecular weight excluding hydrogens is 569 g/mol. The number of rotatable bonds is 9. The van der Waals surface area contributed by atoms with Crippen LogP contribution < -0.4 is 10.1 Å². The summed E-state index contributed by atoms with van der Waals surface area (Å²) in [6, 6.07) is 8.38. The molecule has 0 aliphatic carbocycles. The topological polar surface area (TPSA) is 71.3 Å². The molecule has 1 N–H and O–H groups in total. The molecule has 0 radical (unpaired) electrons. The molecule has 0 bridgehead atoms. The molecule has 0 atom stereocenters. The highest BCUT2D eigenvalue weighted by Crippen LogP contribution is 2.31. The molecule has 8 nitrogen and oxygen atoms in total. The van der Waals surface area contributed by atoms with Crippen LogP contribution in [0, 0.1) is 18.6 Å². The van der Waals surface area contributed by atoms with Gasteiger partial charge in [-0.2, -0.15) is 13.2 Å². The Bertz CT molecular complexity index is 1600. The lowest BCUT2D eigenvalue weighted by Crippen LogP contribution is -2.48. The number of hydrogen-bond donors (Lipinski definition) is 1. The fourth-order valence-electron chi connectivity index (χ4n) is 5.47. The van der Waals surface area contributed by atoms with Crippen LogP contribution in [0.1, 0.15) is 38.2 Å². The standard InChI is InChI=1S/C30H34F5N7O/c1-5-43-26-14-22(7-6-20(26)16-40-8-10-41(11-9-40)17-30(33,34)35)38-29-36-15-24(32)27(39-29)21-12-23(31)28-25(13-21)42(18(2)3)19(4)37-28/h6-7,12-15,18H,5,8-11,16-17H2,1-4H3,(H,36,38,39). The summed E-state index contributed by atoms with van der Waals surface area (Å²) >= 11 is 0. The van der Waals surface area contributed by atoms with Gasteiger partial charge in [0.05, 0.1) is 24.9 Å². The van der Waals surface area contributed by atoms with Gasteiger partial charge < -0.3 is 14.6 Å². The molecule has 4 aromatic rings. The molecule has 0 amide bonds. The molecule has 0 spiro atoms. The van der Waals surface area contributed by atoms with Crippen molar-refractivity contribution < 1.29 is 26.7 Å². The lowest BCUT2D eigenvalue weighted by Gasteiger charge is -2.35. The zero-order valence-electron chi connectivity index (χ0n) is 24.5. The van der Waals surface area contributed by atoms with Crippen LogP contribution in [0.15, 0.2) is 36.5 Å². The maximum Gasteiger partial charge on any atom is 0.401 e. The number of nitrogens with zero attached hydrogens (tertiary/aromatic N) is 6. The Labute approximate surface area is 246 Å². The summed E-state index contributed by atoms with van der Waals surface area (Å²) in [6.45, 7) is 9.32. The van der Waals surface area contributed by atoms with Crippen LogP contribution in [0.2, 0.25) is 0 Å². The number of piperazine rings is 1. The van der Waals surface area contributed by atoms with Gasteiger partial charge in [0, 0.05) is 61.6 Å². The van der Waals surface area contributed by atoms with Crippen LogP contribution >= 0.6 is 0 Å². The lowest BCUT2D eigenvalue weighted by molar-refractivity contribution is -0.149. The zero-order chi connectivity index (χ0) is 30.9. The normalized spacial score (nSPS) is 15.0. The first-order valence-corrected chi connectivity index (χ1v) is 14.2. The van der Waals surface area contributed by atoms with E-state index in [9.17, 15) is 17.6 Å². The molecule has 1 saturated heterocycles. The third-order valence-electron chi connectivity index (χ3n) is 7.34. The van der Waals surface area contributed by atoms with E-state index in [1.807, 2.05) is 31.4 Å². The Balaban J connectivity index is 1.35. The van der Waals surface area contributed by atoms with Crippen molar-refractivity contribution in [3.63, 3.8) is 0 Å². The van der Waals surface area contributed by atoms with Gasteiger partial charge in [0.15, 0.2) is 11.6 Å². The Morgan fingerprint density at radius 3 is 2.37 bits per heavy atom. The first kappa shape index (κ1) is 30.6. The molecule has 2 aromatic heterocycles. The SMILES string of the molecule is CCOc1cc(Nc2ncc(F)c(-c3cc(F)c4nc(C)n(C(C)C)c4c3)n2)ccc1CN1CCN(CC(F)(F)F)CC1. The predicted octanol–water partition coefficient (Wildman–Crippen LogP) is 6.48. The summed E-state index contributed by atoms with van der Waals surface area (Å²) < 4.78 is 76.0. The van der Waals surface area contributed by atoms with E-state index in [0.717, 1.165) is 11.8 Å². The van der Waals surface area contributed by atoms with E-state index in [0.29, 0.717) is 62.1 Å². The molecule has 0 saturated carbocycles. The van der Waals surface area contributed by atoms with Crippen molar-refractivity contribution in [1.82, 2.24) is 29.3 Å². The Hall–Kier alpha value is -3.84. The van der Waals surface area contributed by atoms with Gasteiger partial charge in [-0.25, -0.2) is 23.7 Å². The van der Waals surface area contributed by atoms with E-state index in [4.69, 9.17) is 4.74 Å². The molecule has 13 heteroatoms. The number of nitrogens with one attached hydrogen (secondary N) is 1. The minimum Gasteiger partial charge on any atom is -0.493 e. The number of aromatic nitrogens is 4. The second-order valence-corrected chi connectivity index (χ2v) is 10.9. The van der Waals surface area contributed by atoms with Crippen LogP contribution in [0.4, 0.5) is 33.6 Å². The highest BCUT2D eigenvalue weighted by Gasteiger charge is 2.32. The molecule has 1 aliphatic rings. The second kappa shape index (κ2) is 12.4. The van der Waals surface area contributed by atoms with Crippen molar-refractivity contribution in [2.75, 3.05) is 44.6 Å². The number of anilines is 2. The third kappa shape index (κ3) is 7.04. The van der Waals surface area contributed by atoms with Crippen LogP contribution in [0.5, 0.6) is 5.75 Å². The molecule has 5 rings (SSSR count). The van der Waals surface area contributed by atoms with E-state index in [2.05, 4.69) is 25.2 Å². The molecule has 1 aliphatic heterocycles. The lowest BCUT2D eigenvalue weighted by atomic mass is 10.1.